The number of likely N-dealkylation sites (N-methyl/N-ethyl adjacent to an activating group) is 1. The summed E-state index contributed by atoms with van der Waals surface area (Å²) < 4.78 is 2.04. The number of rotatable bonds is 5. The van der Waals surface area contributed by atoms with Crippen molar-refractivity contribution in [1.29, 1.82) is 0 Å². The Morgan fingerprint density at radius 2 is 1.97 bits per heavy atom. The van der Waals surface area contributed by atoms with Gasteiger partial charge in [-0.1, -0.05) is 43.2 Å². The zero-order valence-electron chi connectivity index (χ0n) is 17.4. The first-order valence-electron chi connectivity index (χ1n) is 10.6. The summed E-state index contributed by atoms with van der Waals surface area (Å²) in [4.78, 5) is 17.0. The monoisotopic (exact) mass is 397 g/mol. The fourth-order valence-electron chi connectivity index (χ4n) is 4.74. The van der Waals surface area contributed by atoms with E-state index in [4.69, 9.17) is 0 Å². The quantitative estimate of drug-likeness (QED) is 0.839. The molecule has 0 spiro atoms. The molecular weight excluding hydrogens is 366 g/mol. The average Bonchev–Trinajstić information content (AvgIpc) is 3.44. The SMILES string of the molecule is CN(C)C1(c2nnnn2C2CCCC2)CCCN(C(=O)NCc2ccccc2)C1. The van der Waals surface area contributed by atoms with Crippen LogP contribution in [-0.2, 0) is 12.1 Å². The van der Waals surface area contributed by atoms with Gasteiger partial charge in [0.25, 0.3) is 0 Å². The van der Waals surface area contributed by atoms with E-state index in [1.807, 2.05) is 39.9 Å². The average molecular weight is 398 g/mol. The van der Waals surface area contributed by atoms with Crippen molar-refractivity contribution in [1.82, 2.24) is 35.3 Å². The van der Waals surface area contributed by atoms with E-state index in [9.17, 15) is 4.79 Å². The van der Waals surface area contributed by atoms with Crippen molar-refractivity contribution in [3.05, 3.63) is 41.7 Å². The van der Waals surface area contributed by atoms with Crippen molar-refractivity contribution in [3.8, 4) is 0 Å². The summed E-state index contributed by atoms with van der Waals surface area (Å²) in [5.74, 6) is 0.898. The van der Waals surface area contributed by atoms with Crippen LogP contribution in [0.25, 0.3) is 0 Å². The Labute approximate surface area is 172 Å². The predicted octanol–water partition coefficient (Wildman–Crippen LogP) is 2.55. The van der Waals surface area contributed by atoms with Crippen LogP contribution in [0.3, 0.4) is 0 Å². The number of likely N-dealkylation sites (tertiary alicyclic amines) is 1. The molecule has 2 amide bonds. The number of benzene rings is 1. The number of nitrogens with zero attached hydrogens (tertiary/aromatic N) is 6. The van der Waals surface area contributed by atoms with Crippen molar-refractivity contribution < 1.29 is 4.79 Å². The van der Waals surface area contributed by atoms with Crippen LogP contribution in [0.1, 0.15) is 56.0 Å². The normalized spacial score (nSPS) is 22.9. The Balaban J connectivity index is 1.52. The molecule has 8 heteroatoms. The van der Waals surface area contributed by atoms with Gasteiger partial charge in [0.15, 0.2) is 5.82 Å². The number of carbonyl (C=O) groups is 1. The van der Waals surface area contributed by atoms with Crippen molar-refractivity contribution >= 4 is 6.03 Å². The summed E-state index contributed by atoms with van der Waals surface area (Å²) in [5.41, 5.74) is 0.732. The van der Waals surface area contributed by atoms with Crippen LogP contribution in [-0.4, -0.2) is 63.2 Å². The van der Waals surface area contributed by atoms with E-state index in [-0.39, 0.29) is 11.6 Å². The Bertz CT molecular complexity index is 815. The highest BCUT2D eigenvalue weighted by Gasteiger charge is 2.45. The third kappa shape index (κ3) is 3.99. The van der Waals surface area contributed by atoms with E-state index < -0.39 is 0 Å². The molecule has 2 heterocycles. The highest BCUT2D eigenvalue weighted by atomic mass is 16.2. The van der Waals surface area contributed by atoms with E-state index in [0.29, 0.717) is 19.1 Å². The highest BCUT2D eigenvalue weighted by Crippen LogP contribution is 2.38. The van der Waals surface area contributed by atoms with Crippen LogP contribution in [0.15, 0.2) is 30.3 Å². The van der Waals surface area contributed by atoms with Gasteiger partial charge in [0.05, 0.1) is 6.04 Å². The molecule has 0 bridgehead atoms. The van der Waals surface area contributed by atoms with E-state index in [2.05, 4.69) is 39.8 Å². The molecule has 1 saturated heterocycles. The van der Waals surface area contributed by atoms with Gasteiger partial charge in [0.1, 0.15) is 5.54 Å². The number of nitrogens with one attached hydrogen (secondary N) is 1. The van der Waals surface area contributed by atoms with Crippen LogP contribution >= 0.6 is 0 Å². The molecule has 1 aromatic carbocycles. The second-order valence-electron chi connectivity index (χ2n) is 8.48. The molecule has 1 atom stereocenters. The van der Waals surface area contributed by atoms with Gasteiger partial charge in [-0.25, -0.2) is 9.48 Å². The summed E-state index contributed by atoms with van der Waals surface area (Å²) in [6.07, 6.45) is 6.58. The number of aromatic nitrogens is 4. The molecule has 1 aliphatic heterocycles. The second kappa shape index (κ2) is 8.49. The lowest BCUT2D eigenvalue weighted by Crippen LogP contribution is -2.58. The predicted molar refractivity (Wildman–Crippen MR) is 110 cm³/mol. The minimum Gasteiger partial charge on any atom is -0.334 e. The molecule has 1 unspecified atom stereocenters. The van der Waals surface area contributed by atoms with Gasteiger partial charge in [0.2, 0.25) is 0 Å². The fourth-order valence-corrected chi connectivity index (χ4v) is 4.74. The minimum atomic E-state index is -0.367. The maximum absolute atomic E-state index is 12.9. The molecule has 1 aromatic heterocycles. The number of urea groups is 1. The molecule has 156 valence electrons. The minimum absolute atomic E-state index is 0.0281. The lowest BCUT2D eigenvalue weighted by Gasteiger charge is -2.46. The molecule has 29 heavy (non-hydrogen) atoms. The second-order valence-corrected chi connectivity index (χ2v) is 8.48. The molecule has 1 aliphatic carbocycles. The summed E-state index contributed by atoms with van der Waals surface area (Å²) in [7, 11) is 4.14. The first-order chi connectivity index (χ1) is 14.1. The topological polar surface area (TPSA) is 79.2 Å². The zero-order valence-corrected chi connectivity index (χ0v) is 17.4. The van der Waals surface area contributed by atoms with E-state index in [1.54, 1.807) is 0 Å². The molecule has 1 saturated carbocycles. The highest BCUT2D eigenvalue weighted by molar-refractivity contribution is 5.74. The summed E-state index contributed by atoms with van der Waals surface area (Å²) in [6.45, 7) is 1.87. The zero-order chi connectivity index (χ0) is 20.3. The Hall–Kier alpha value is -2.48. The summed E-state index contributed by atoms with van der Waals surface area (Å²) in [5, 5.41) is 15.9. The third-order valence-electron chi connectivity index (χ3n) is 6.48. The van der Waals surface area contributed by atoms with E-state index in [0.717, 1.165) is 43.6 Å². The largest absolute Gasteiger partial charge is 0.334 e. The van der Waals surface area contributed by atoms with Gasteiger partial charge in [-0.2, -0.15) is 0 Å². The van der Waals surface area contributed by atoms with Gasteiger partial charge >= 0.3 is 6.03 Å². The van der Waals surface area contributed by atoms with E-state index >= 15 is 0 Å². The molecule has 2 fully saturated rings. The molecule has 1 N–H and O–H groups in total. The summed E-state index contributed by atoms with van der Waals surface area (Å²) in [6, 6.07) is 10.4. The number of carbonyl (C=O) groups excluding carboxylic acids is 1. The first-order valence-corrected chi connectivity index (χ1v) is 10.6. The lowest BCUT2D eigenvalue weighted by atomic mass is 9.86. The standard InChI is InChI=1S/C21H31N7O/c1-26(2)21(19-23-24-25-28(19)18-11-6-7-12-18)13-8-14-27(16-21)20(29)22-15-17-9-4-3-5-10-17/h3-5,9-10,18H,6-8,11-16H2,1-2H3,(H,22,29). The van der Waals surface area contributed by atoms with Crippen LogP contribution in [0.4, 0.5) is 4.79 Å². The van der Waals surface area contributed by atoms with Crippen LogP contribution < -0.4 is 5.32 Å². The van der Waals surface area contributed by atoms with Crippen LogP contribution in [0.2, 0.25) is 0 Å². The van der Waals surface area contributed by atoms with Crippen LogP contribution in [0, 0.1) is 0 Å². The molecule has 2 aromatic rings. The maximum atomic E-state index is 12.9. The number of tetrazole rings is 1. The molecular formula is C21H31N7O. The Morgan fingerprint density at radius 3 is 2.69 bits per heavy atom. The van der Waals surface area contributed by atoms with E-state index in [1.165, 1.54) is 12.8 Å². The van der Waals surface area contributed by atoms with Crippen molar-refractivity contribution in [2.24, 2.45) is 0 Å². The van der Waals surface area contributed by atoms with Gasteiger partial charge in [0, 0.05) is 19.6 Å². The van der Waals surface area contributed by atoms with Crippen molar-refractivity contribution in [3.63, 3.8) is 0 Å². The van der Waals surface area contributed by atoms with Gasteiger partial charge < -0.3 is 10.2 Å². The van der Waals surface area contributed by atoms with Gasteiger partial charge in [-0.3, -0.25) is 4.90 Å². The first kappa shape index (κ1) is 19.8. The fraction of sp³-hybridized carbons (Fsp3) is 0.619. The van der Waals surface area contributed by atoms with Gasteiger partial charge in [-0.05, 0) is 55.8 Å². The lowest BCUT2D eigenvalue weighted by molar-refractivity contribution is 0.0443. The van der Waals surface area contributed by atoms with Gasteiger partial charge in [-0.15, -0.1) is 5.10 Å². The Morgan fingerprint density at radius 1 is 1.21 bits per heavy atom. The maximum Gasteiger partial charge on any atom is 0.317 e. The number of hydrogen-bond acceptors (Lipinski definition) is 5. The smallest absolute Gasteiger partial charge is 0.317 e. The number of hydrogen-bond donors (Lipinski definition) is 1. The van der Waals surface area contributed by atoms with Crippen molar-refractivity contribution in [2.45, 2.75) is 56.7 Å². The third-order valence-corrected chi connectivity index (χ3v) is 6.48. The Kier molecular flexibility index (Phi) is 5.80. The number of piperidine rings is 1. The summed E-state index contributed by atoms with van der Waals surface area (Å²) >= 11 is 0. The molecule has 4 rings (SSSR count). The molecule has 2 aliphatic rings. The number of amides is 2. The molecule has 0 radical (unpaired) electrons. The van der Waals surface area contributed by atoms with Crippen LogP contribution in [0.5, 0.6) is 0 Å². The van der Waals surface area contributed by atoms with Crippen molar-refractivity contribution in [2.75, 3.05) is 27.2 Å². The molecule has 8 nitrogen and oxygen atoms in total.